The van der Waals surface area contributed by atoms with E-state index in [4.69, 9.17) is 16.3 Å². The number of benzene rings is 2. The summed E-state index contributed by atoms with van der Waals surface area (Å²) in [6, 6.07) is 5.33. The third-order valence-electron chi connectivity index (χ3n) is 6.51. The number of halogens is 3. The van der Waals surface area contributed by atoms with Gasteiger partial charge in [0.05, 0.1) is 23.9 Å². The van der Waals surface area contributed by atoms with E-state index < -0.39 is 23.5 Å². The maximum atomic E-state index is 15.2. The number of imide groups is 1. The number of nitrogens with zero attached hydrogens (tertiary/aromatic N) is 1. The van der Waals surface area contributed by atoms with Gasteiger partial charge in [-0.1, -0.05) is 11.6 Å². The molecule has 178 valence electrons. The summed E-state index contributed by atoms with van der Waals surface area (Å²) in [6.07, 6.45) is 1.10. The summed E-state index contributed by atoms with van der Waals surface area (Å²) in [5.74, 6) is -2.36. The minimum absolute atomic E-state index is 0.0113. The summed E-state index contributed by atoms with van der Waals surface area (Å²) in [5, 5.41) is 5.15. The lowest BCUT2D eigenvalue weighted by molar-refractivity contribution is -0.134. The lowest BCUT2D eigenvalue weighted by atomic mass is 9.85. The van der Waals surface area contributed by atoms with Crippen LogP contribution in [0.25, 0.3) is 0 Å². The van der Waals surface area contributed by atoms with Gasteiger partial charge in [-0.05, 0) is 24.6 Å². The molecular formula is C24H22ClF2N3O4. The second-order valence-corrected chi connectivity index (χ2v) is 9.28. The van der Waals surface area contributed by atoms with Crippen LogP contribution in [-0.2, 0) is 20.8 Å². The molecule has 2 aromatic rings. The van der Waals surface area contributed by atoms with Gasteiger partial charge >= 0.3 is 0 Å². The Morgan fingerprint density at radius 2 is 1.97 bits per heavy atom. The summed E-state index contributed by atoms with van der Waals surface area (Å²) in [6.45, 7) is 1.41. The van der Waals surface area contributed by atoms with Crippen LogP contribution in [0.1, 0.15) is 36.3 Å². The summed E-state index contributed by atoms with van der Waals surface area (Å²) in [7, 11) is 0. The summed E-state index contributed by atoms with van der Waals surface area (Å²) < 4.78 is 34.9. The molecule has 10 heteroatoms. The van der Waals surface area contributed by atoms with Gasteiger partial charge in [0.2, 0.25) is 17.7 Å². The Morgan fingerprint density at radius 3 is 2.74 bits per heavy atom. The monoisotopic (exact) mass is 489 g/mol. The van der Waals surface area contributed by atoms with Crippen molar-refractivity contribution in [3.63, 3.8) is 0 Å². The van der Waals surface area contributed by atoms with Gasteiger partial charge in [0.25, 0.3) is 0 Å². The average Bonchev–Trinajstić information content (AvgIpc) is 3.23. The predicted molar refractivity (Wildman–Crippen MR) is 121 cm³/mol. The highest BCUT2D eigenvalue weighted by atomic mass is 35.5. The molecule has 0 saturated carbocycles. The molecule has 3 aliphatic heterocycles. The number of hydrogen-bond acceptors (Lipinski definition) is 5. The predicted octanol–water partition coefficient (Wildman–Crippen LogP) is 3.54. The molecule has 0 bridgehead atoms. The van der Waals surface area contributed by atoms with Gasteiger partial charge in [-0.3, -0.25) is 19.7 Å². The molecule has 0 spiro atoms. The van der Waals surface area contributed by atoms with Crippen LogP contribution in [-0.4, -0.2) is 37.4 Å². The molecule has 2 saturated heterocycles. The normalized spacial score (nSPS) is 19.9. The zero-order valence-electron chi connectivity index (χ0n) is 18.1. The first-order valence-electron chi connectivity index (χ1n) is 11.1. The Labute approximate surface area is 199 Å². The van der Waals surface area contributed by atoms with Gasteiger partial charge in [0, 0.05) is 60.5 Å². The first kappa shape index (κ1) is 22.6. The van der Waals surface area contributed by atoms with E-state index >= 15 is 4.39 Å². The van der Waals surface area contributed by atoms with Gasteiger partial charge in [-0.25, -0.2) is 8.78 Å². The Kier molecular flexibility index (Phi) is 5.89. The molecule has 0 aromatic heterocycles. The molecule has 2 N–H and O–H groups in total. The van der Waals surface area contributed by atoms with Gasteiger partial charge in [0.1, 0.15) is 17.4 Å². The molecule has 3 heterocycles. The van der Waals surface area contributed by atoms with Crippen molar-refractivity contribution in [3.8, 4) is 5.75 Å². The van der Waals surface area contributed by atoms with Crippen molar-refractivity contribution in [2.45, 2.75) is 31.6 Å². The molecule has 0 unspecified atom stereocenters. The minimum atomic E-state index is -0.720. The summed E-state index contributed by atoms with van der Waals surface area (Å²) in [4.78, 5) is 38.1. The number of amides is 3. The number of carbonyl (C=O) groups is 3. The van der Waals surface area contributed by atoms with Crippen LogP contribution < -0.4 is 20.3 Å². The highest BCUT2D eigenvalue weighted by Gasteiger charge is 2.38. The van der Waals surface area contributed by atoms with Crippen LogP contribution in [0, 0.1) is 17.6 Å². The fraction of sp³-hybridized carbons (Fsp3) is 0.375. The maximum absolute atomic E-state index is 15.2. The Hall–Kier alpha value is -3.20. The zero-order chi connectivity index (χ0) is 24.0. The van der Waals surface area contributed by atoms with Crippen LogP contribution in [0.4, 0.5) is 20.2 Å². The third kappa shape index (κ3) is 4.20. The van der Waals surface area contributed by atoms with Crippen LogP contribution in [0.15, 0.2) is 24.3 Å². The molecular weight excluding hydrogens is 468 g/mol. The Morgan fingerprint density at radius 1 is 1.18 bits per heavy atom. The number of fused-ring (bicyclic) bond motifs is 1. The van der Waals surface area contributed by atoms with Gasteiger partial charge in [-0.2, -0.15) is 0 Å². The molecule has 34 heavy (non-hydrogen) atoms. The molecule has 2 fully saturated rings. The smallest absolute Gasteiger partial charge is 0.234 e. The fourth-order valence-corrected chi connectivity index (χ4v) is 5.05. The highest BCUT2D eigenvalue weighted by molar-refractivity contribution is 6.30. The van der Waals surface area contributed by atoms with Gasteiger partial charge in [-0.15, -0.1) is 0 Å². The van der Waals surface area contributed by atoms with Crippen molar-refractivity contribution in [1.29, 1.82) is 0 Å². The number of anilines is 2. The standard InChI is InChI=1S/C24H22ClF2N3O4/c25-13-1-3-16(26)18(8-13)28-21(32)7-12-10-30(11-12)19-9-17(27)22(14-5-6-34-23(14)19)15-2-4-20(31)29-24(15)33/h1,3,8-9,12,15H,2,4-7,10-11H2,(H,28,32)(H,29,31,33)/t15-/m1/s1. The average molecular weight is 490 g/mol. The summed E-state index contributed by atoms with van der Waals surface area (Å²) in [5.41, 5.74) is 1.60. The largest absolute Gasteiger partial charge is 0.491 e. The van der Waals surface area contributed by atoms with Crippen molar-refractivity contribution in [2.75, 3.05) is 29.9 Å². The highest BCUT2D eigenvalue weighted by Crippen LogP contribution is 2.45. The van der Waals surface area contributed by atoms with Crippen molar-refractivity contribution in [3.05, 3.63) is 52.0 Å². The number of rotatable bonds is 5. The third-order valence-corrected chi connectivity index (χ3v) is 6.75. The SMILES string of the molecule is O=C1CC[C@H](c2c(F)cc(N3CC(CC(=O)Nc4cc(Cl)ccc4F)C3)c3c2CCO3)C(=O)N1. The quantitative estimate of drug-likeness (QED) is 0.627. The van der Waals surface area contributed by atoms with Crippen LogP contribution in [0.3, 0.4) is 0 Å². The second kappa shape index (κ2) is 8.87. The van der Waals surface area contributed by atoms with Gasteiger partial charge < -0.3 is 15.0 Å². The van der Waals surface area contributed by atoms with E-state index in [2.05, 4.69) is 10.6 Å². The molecule has 2 aromatic carbocycles. The molecule has 0 radical (unpaired) electrons. The van der Waals surface area contributed by atoms with Crippen molar-refractivity contribution in [2.24, 2.45) is 5.92 Å². The topological polar surface area (TPSA) is 87.7 Å². The van der Waals surface area contributed by atoms with Crippen molar-refractivity contribution in [1.82, 2.24) is 5.32 Å². The summed E-state index contributed by atoms with van der Waals surface area (Å²) >= 11 is 5.86. The lowest BCUT2D eigenvalue weighted by Crippen LogP contribution is -2.48. The van der Waals surface area contributed by atoms with Gasteiger partial charge in [0.15, 0.2) is 0 Å². The van der Waals surface area contributed by atoms with E-state index in [1.165, 1.54) is 24.3 Å². The van der Waals surface area contributed by atoms with Crippen molar-refractivity contribution < 1.29 is 27.9 Å². The van der Waals surface area contributed by atoms with E-state index in [1.54, 1.807) is 0 Å². The molecule has 5 rings (SSSR count). The number of hydrogen-bond donors (Lipinski definition) is 2. The molecule has 0 aliphatic carbocycles. The molecule has 7 nitrogen and oxygen atoms in total. The number of piperidine rings is 1. The number of carbonyl (C=O) groups excluding carboxylic acids is 3. The van der Waals surface area contributed by atoms with Crippen LogP contribution in [0.2, 0.25) is 5.02 Å². The number of ether oxygens (including phenoxy) is 1. The number of nitrogens with one attached hydrogen (secondary N) is 2. The first-order chi connectivity index (χ1) is 16.3. The fourth-order valence-electron chi connectivity index (χ4n) is 4.88. The lowest BCUT2D eigenvalue weighted by Gasteiger charge is -2.41. The molecule has 3 amide bonds. The van der Waals surface area contributed by atoms with Crippen LogP contribution in [0.5, 0.6) is 5.75 Å². The zero-order valence-corrected chi connectivity index (χ0v) is 18.9. The first-order valence-corrected chi connectivity index (χ1v) is 11.5. The Balaban J connectivity index is 1.27. The van der Waals surface area contributed by atoms with E-state index in [0.29, 0.717) is 53.7 Å². The molecule has 3 aliphatic rings. The van der Waals surface area contributed by atoms with E-state index in [-0.39, 0.29) is 42.7 Å². The van der Waals surface area contributed by atoms with Crippen molar-refractivity contribution >= 4 is 40.7 Å². The van der Waals surface area contributed by atoms with Crippen LogP contribution >= 0.6 is 11.6 Å². The van der Waals surface area contributed by atoms with E-state index in [9.17, 15) is 18.8 Å². The second-order valence-electron chi connectivity index (χ2n) is 8.85. The van der Waals surface area contributed by atoms with E-state index in [1.807, 2.05) is 4.90 Å². The maximum Gasteiger partial charge on any atom is 0.234 e. The van der Waals surface area contributed by atoms with E-state index in [0.717, 1.165) is 0 Å². The molecule has 1 atom stereocenters. The Bertz CT molecular complexity index is 1200. The minimum Gasteiger partial charge on any atom is -0.491 e.